The van der Waals surface area contributed by atoms with Crippen LogP contribution in [0.25, 0.3) is 0 Å². The molecule has 0 aromatic heterocycles. The molecule has 2 aliphatic heterocycles. The average molecular weight is 560 g/mol. The molecular weight excluding hydrogens is 530 g/mol. The molecule has 0 bridgehead atoms. The molecular formula is C34H29N3O3S. The number of hydrazone groups is 1. The van der Waals surface area contributed by atoms with E-state index in [2.05, 4.69) is 22.6 Å². The number of aryl methyl sites for hydroxylation is 1. The number of hydrogen-bond acceptors (Lipinski definition) is 5. The SMILES string of the molecule is Cc1ccc(S(=O)(=O)/N=C2\OC(C3CC3)=CC23C(c2ccccc2)C(c2ccccc2)=NN3c2ccccc2)cc1. The Bertz CT molecular complexity index is 1780. The molecule has 3 aliphatic rings. The molecule has 7 rings (SSSR count). The van der Waals surface area contributed by atoms with Gasteiger partial charge in [-0.1, -0.05) is 96.6 Å². The van der Waals surface area contributed by atoms with Crippen molar-refractivity contribution in [2.45, 2.75) is 36.1 Å². The summed E-state index contributed by atoms with van der Waals surface area (Å²) in [6.45, 7) is 1.92. The van der Waals surface area contributed by atoms with Gasteiger partial charge in [0, 0.05) is 5.92 Å². The number of hydrogen-bond donors (Lipinski definition) is 0. The Morgan fingerprint density at radius 1 is 0.829 bits per heavy atom. The van der Waals surface area contributed by atoms with Crippen LogP contribution in [0, 0.1) is 12.8 Å². The summed E-state index contributed by atoms with van der Waals surface area (Å²) in [6.07, 6.45) is 4.07. The van der Waals surface area contributed by atoms with Crippen LogP contribution in [0.2, 0.25) is 0 Å². The largest absolute Gasteiger partial charge is 0.444 e. The summed E-state index contributed by atoms with van der Waals surface area (Å²) in [5.41, 5.74) is 3.41. The summed E-state index contributed by atoms with van der Waals surface area (Å²) in [6, 6.07) is 36.7. The number of nitrogens with zero attached hydrogens (tertiary/aromatic N) is 3. The van der Waals surface area contributed by atoms with Crippen molar-refractivity contribution in [3.05, 3.63) is 144 Å². The van der Waals surface area contributed by atoms with Crippen molar-refractivity contribution in [2.75, 3.05) is 5.01 Å². The molecule has 1 saturated carbocycles. The van der Waals surface area contributed by atoms with Crippen molar-refractivity contribution < 1.29 is 13.2 Å². The van der Waals surface area contributed by atoms with Crippen molar-refractivity contribution >= 4 is 27.3 Å². The van der Waals surface area contributed by atoms with E-state index >= 15 is 0 Å². The fourth-order valence-corrected chi connectivity index (χ4v) is 6.69. The molecule has 0 radical (unpaired) electrons. The second kappa shape index (κ2) is 9.85. The van der Waals surface area contributed by atoms with Gasteiger partial charge in [0.05, 0.1) is 22.2 Å². The lowest BCUT2D eigenvalue weighted by molar-refractivity contribution is 0.384. The maximum atomic E-state index is 13.8. The van der Waals surface area contributed by atoms with Crippen LogP contribution < -0.4 is 5.01 Å². The van der Waals surface area contributed by atoms with Crippen molar-refractivity contribution in [1.82, 2.24) is 0 Å². The number of sulfonamides is 1. The summed E-state index contributed by atoms with van der Waals surface area (Å²) in [5, 5.41) is 7.16. The third-order valence-corrected chi connectivity index (χ3v) is 9.17. The summed E-state index contributed by atoms with van der Waals surface area (Å²) >= 11 is 0. The van der Waals surface area contributed by atoms with E-state index in [1.165, 1.54) is 0 Å². The molecule has 0 amide bonds. The minimum atomic E-state index is -4.09. The number of allylic oxidation sites excluding steroid dienone is 1. The molecule has 2 unspecified atom stereocenters. The molecule has 4 aromatic rings. The number of rotatable bonds is 6. The van der Waals surface area contributed by atoms with E-state index in [-0.39, 0.29) is 16.7 Å². The van der Waals surface area contributed by atoms with Gasteiger partial charge in [-0.2, -0.15) is 13.5 Å². The molecule has 41 heavy (non-hydrogen) atoms. The maximum Gasteiger partial charge on any atom is 0.285 e. The van der Waals surface area contributed by atoms with Crippen LogP contribution in [0.5, 0.6) is 0 Å². The average Bonchev–Trinajstić information content (AvgIpc) is 3.72. The van der Waals surface area contributed by atoms with Crippen molar-refractivity contribution in [1.29, 1.82) is 0 Å². The molecule has 0 N–H and O–H groups in total. The Morgan fingerprint density at radius 2 is 1.44 bits per heavy atom. The van der Waals surface area contributed by atoms with Gasteiger partial charge in [-0.05, 0) is 61.2 Å². The summed E-state index contributed by atoms with van der Waals surface area (Å²) in [5.74, 6) is 0.715. The van der Waals surface area contributed by atoms with Crippen molar-refractivity contribution in [2.24, 2.45) is 15.4 Å². The fourth-order valence-electron chi connectivity index (χ4n) is 5.70. The molecule has 204 valence electrons. The zero-order chi connectivity index (χ0) is 28.0. The highest BCUT2D eigenvalue weighted by Gasteiger charge is 2.61. The van der Waals surface area contributed by atoms with Crippen LogP contribution in [-0.4, -0.2) is 25.6 Å². The van der Waals surface area contributed by atoms with Crippen LogP contribution >= 0.6 is 0 Å². The van der Waals surface area contributed by atoms with Gasteiger partial charge in [-0.25, -0.2) is 5.01 Å². The summed E-state index contributed by atoms with van der Waals surface area (Å²) < 4.78 is 38.6. The molecule has 1 spiro atoms. The Kier molecular flexibility index (Phi) is 6.12. The number of ether oxygens (including phenoxy) is 1. The highest BCUT2D eigenvalue weighted by atomic mass is 32.2. The van der Waals surface area contributed by atoms with Gasteiger partial charge in [0.2, 0.25) is 5.90 Å². The quantitative estimate of drug-likeness (QED) is 0.259. The van der Waals surface area contributed by atoms with E-state index in [1.807, 2.05) is 90.8 Å². The van der Waals surface area contributed by atoms with Crippen LogP contribution in [-0.2, 0) is 14.8 Å². The van der Waals surface area contributed by atoms with Crippen LogP contribution in [0.15, 0.2) is 141 Å². The molecule has 2 atom stereocenters. The highest BCUT2D eigenvalue weighted by Crippen LogP contribution is 2.53. The third kappa shape index (κ3) is 4.46. The van der Waals surface area contributed by atoms with E-state index in [4.69, 9.17) is 9.84 Å². The lowest BCUT2D eigenvalue weighted by atomic mass is 9.75. The van der Waals surface area contributed by atoms with Crippen molar-refractivity contribution in [3.8, 4) is 0 Å². The molecule has 7 heteroatoms. The smallest absolute Gasteiger partial charge is 0.285 e. The second-order valence-electron chi connectivity index (χ2n) is 10.8. The minimum Gasteiger partial charge on any atom is -0.444 e. The zero-order valence-electron chi connectivity index (χ0n) is 22.6. The van der Waals surface area contributed by atoms with E-state index in [9.17, 15) is 8.42 Å². The normalized spacial score (nSPS) is 23.0. The van der Waals surface area contributed by atoms with E-state index in [0.717, 1.165) is 46.7 Å². The van der Waals surface area contributed by atoms with E-state index < -0.39 is 21.5 Å². The van der Waals surface area contributed by atoms with Gasteiger partial charge >= 0.3 is 0 Å². The Morgan fingerprint density at radius 3 is 2.07 bits per heavy atom. The monoisotopic (exact) mass is 559 g/mol. The Labute approximate surface area is 240 Å². The van der Waals surface area contributed by atoms with Crippen LogP contribution in [0.1, 0.15) is 35.4 Å². The van der Waals surface area contributed by atoms with E-state index in [1.54, 1.807) is 24.3 Å². The lowest BCUT2D eigenvalue weighted by Crippen LogP contribution is -2.51. The molecule has 1 aliphatic carbocycles. The Balaban J connectivity index is 1.51. The van der Waals surface area contributed by atoms with Gasteiger partial charge in [0.25, 0.3) is 10.0 Å². The van der Waals surface area contributed by atoms with Gasteiger partial charge in [0.15, 0.2) is 5.54 Å². The van der Waals surface area contributed by atoms with Gasteiger partial charge < -0.3 is 4.74 Å². The first-order valence-electron chi connectivity index (χ1n) is 13.8. The second-order valence-corrected chi connectivity index (χ2v) is 12.4. The predicted octanol–water partition coefficient (Wildman–Crippen LogP) is 6.85. The van der Waals surface area contributed by atoms with Gasteiger partial charge in [-0.15, -0.1) is 4.40 Å². The minimum absolute atomic E-state index is 0.118. The van der Waals surface area contributed by atoms with Gasteiger partial charge in [0.1, 0.15) is 5.76 Å². The van der Waals surface area contributed by atoms with Crippen LogP contribution in [0.3, 0.4) is 0 Å². The molecule has 4 aromatic carbocycles. The number of para-hydroxylation sites is 1. The zero-order valence-corrected chi connectivity index (χ0v) is 23.4. The van der Waals surface area contributed by atoms with Crippen LogP contribution in [0.4, 0.5) is 5.69 Å². The lowest BCUT2D eigenvalue weighted by Gasteiger charge is -2.36. The molecule has 0 saturated heterocycles. The maximum absolute atomic E-state index is 13.8. The summed E-state index contributed by atoms with van der Waals surface area (Å²) in [7, 11) is -4.09. The topological polar surface area (TPSA) is 71.3 Å². The predicted molar refractivity (Wildman–Crippen MR) is 162 cm³/mol. The molecule has 1 fully saturated rings. The first-order valence-corrected chi connectivity index (χ1v) is 15.3. The molecule has 2 heterocycles. The standard InChI is InChI=1S/C34H29N3O3S/c1-24-17-21-29(22-18-24)41(38,39)36-33-34(23-30(40-33)25-19-20-25)31(26-11-5-2-6-12-26)32(27-13-7-3-8-14-27)35-37(34)28-15-9-4-10-16-28/h2-18,21-23,25,31H,19-20H2,1H3/b36-33-. The first kappa shape index (κ1) is 25.5. The number of benzene rings is 4. The Hall–Kier alpha value is -4.49. The van der Waals surface area contributed by atoms with Crippen molar-refractivity contribution in [3.63, 3.8) is 0 Å². The molecule has 6 nitrogen and oxygen atoms in total. The fraction of sp³-hybridized carbons (Fsp3) is 0.176. The van der Waals surface area contributed by atoms with E-state index in [0.29, 0.717) is 0 Å². The first-order chi connectivity index (χ1) is 20.0. The highest BCUT2D eigenvalue weighted by molar-refractivity contribution is 7.90. The van der Waals surface area contributed by atoms with Gasteiger partial charge in [-0.3, -0.25) is 0 Å². The number of anilines is 1. The third-order valence-electron chi connectivity index (χ3n) is 7.90. The summed E-state index contributed by atoms with van der Waals surface area (Å²) in [4.78, 5) is 0.124.